The molecule has 40 nitrogen and oxygen atoms in total. The van der Waals surface area contributed by atoms with Crippen molar-refractivity contribution in [1.82, 2.24) is 136 Å². The van der Waals surface area contributed by atoms with Crippen molar-refractivity contribution < 1.29 is 33.7 Å². The summed E-state index contributed by atoms with van der Waals surface area (Å²) >= 11 is 4.84. The molecule has 3 saturated carbocycles. The molecule has 7 aliphatic rings. The summed E-state index contributed by atoms with van der Waals surface area (Å²) in [6.45, 7) is 16.1. The highest BCUT2D eigenvalue weighted by atomic mass is 32.3. The Kier molecular flexibility index (Phi) is 27.3. The van der Waals surface area contributed by atoms with E-state index in [1.54, 1.807) is 52.0 Å². The molecule has 0 spiro atoms. The van der Waals surface area contributed by atoms with E-state index < -0.39 is 40.1 Å². The largest absolute Gasteiger partial charge is 0.329 e. The molecule has 23 rings (SSSR count). The molecule has 0 atom stereocenters. The Labute approximate surface area is 830 Å². The summed E-state index contributed by atoms with van der Waals surface area (Å²) in [5.74, 6) is 2.29. The second-order valence-corrected chi connectivity index (χ2v) is 48.0. The lowest BCUT2D eigenvalue weighted by atomic mass is 9.94. The van der Waals surface area contributed by atoms with Crippen LogP contribution < -0.4 is 56.7 Å². The number of thiophene rings is 4. The predicted octanol–water partition coefficient (Wildman–Crippen LogP) is 12.8. The fraction of sp³-hybridized carbons (Fsp3) is 0.355. The molecule has 141 heavy (non-hydrogen) atoms. The van der Waals surface area contributed by atoms with Gasteiger partial charge in [-0.05, 0) is 187 Å². The maximum Gasteiger partial charge on any atom is 0.252 e. The van der Waals surface area contributed by atoms with Crippen LogP contribution >= 0.6 is 45.3 Å². The zero-order valence-electron chi connectivity index (χ0n) is 79.2. The molecule has 0 unspecified atom stereocenters. The highest BCUT2D eigenvalue weighted by Gasteiger charge is 2.38. The van der Waals surface area contributed by atoms with Crippen molar-refractivity contribution in [2.24, 2.45) is 28.2 Å². The second kappa shape index (κ2) is 39.9. The number of imidazole rings is 4. The Bertz CT molecular complexity index is 8100. The van der Waals surface area contributed by atoms with Crippen LogP contribution in [0.4, 0.5) is 43.3 Å². The minimum atomic E-state index is -3.56. The van der Waals surface area contributed by atoms with Gasteiger partial charge in [-0.15, -0.1) is 45.3 Å². The highest BCUT2D eigenvalue weighted by Crippen LogP contribution is 2.43. The monoisotopic (exact) mass is 2060 g/mol. The molecule has 16 aromatic heterocycles. The van der Waals surface area contributed by atoms with Gasteiger partial charge >= 0.3 is 0 Å². The van der Waals surface area contributed by atoms with Crippen molar-refractivity contribution in [1.29, 1.82) is 0 Å². The number of nitrogens with zero attached hydrogens (tertiary/aromatic N) is 21. The third-order valence-corrected chi connectivity index (χ3v) is 38.5. The number of hydrogen-bond acceptors (Lipinski definition) is 32. The van der Waals surface area contributed by atoms with E-state index in [2.05, 4.69) is 121 Å². The number of anilines is 8. The minimum Gasteiger partial charge on any atom is -0.329 e. The van der Waals surface area contributed by atoms with E-state index in [1.807, 2.05) is 178 Å². The number of rotatable bonds is 28. The van der Waals surface area contributed by atoms with Crippen LogP contribution in [0.2, 0.25) is 0 Å². The first kappa shape index (κ1) is 96.3. The van der Waals surface area contributed by atoms with Gasteiger partial charge in [0.25, 0.3) is 30.1 Å². The molecule has 4 aliphatic heterocycles. The minimum absolute atomic E-state index is 0.0408. The number of aromatic nitrogens is 20. The van der Waals surface area contributed by atoms with E-state index in [4.69, 9.17) is 19.9 Å². The van der Waals surface area contributed by atoms with Crippen LogP contribution in [0.15, 0.2) is 165 Å². The van der Waals surface area contributed by atoms with Gasteiger partial charge in [-0.2, -0.15) is 24.7 Å². The molecular weight excluding hydrogens is 1950 g/mol. The molecule has 736 valence electrons. The Morgan fingerprint density at radius 1 is 0.376 bits per heavy atom. The average Bonchev–Trinajstić information content (AvgIpc) is 1.64. The molecule has 48 heteroatoms. The first-order valence-corrected chi connectivity index (χ1v) is 55.7. The normalized spacial score (nSPS) is 16.1. The van der Waals surface area contributed by atoms with Crippen LogP contribution in [0.25, 0.3) is 89.9 Å². The summed E-state index contributed by atoms with van der Waals surface area (Å²) in [5.41, 5.74) is 20.7. The quantitative estimate of drug-likeness (QED) is 0.0217. The van der Waals surface area contributed by atoms with Crippen molar-refractivity contribution >= 4 is 174 Å². The standard InChI is InChI=1S/2C24H28N8O2S2.C23H26N8O2S2.C22H26N8O2S2/c1-15-9-21(35-24(15)36(33,34)31(3)18-6-7-18)29-22-23-26-12-20(17-11-27-30(2)13-17)32(23)14-19(28-22)16-5-4-8-25-10-16;1-15-9-21(35-24(15)36(33,34)30-18-6-3-7-18)29-22-23-26-12-20(17-11-27-31(2)13-17)32(23)14-19(28-22)16-5-4-8-25-10-16;1-14-8-20(34-23(14)35(32,33)29-17-5-6-17)28-21-22-25-11-19(16-10-26-30(2)12-16)31(22)13-18(27-21)15-4-3-7-24-9-15;1-4-26-34(31,32)22-14(2)8-19(33-22)28-20-21-24-11-18(16-10-25-29(3)12-16)30(21)13-17(27-20)15-6-5-7-23-9-15/h5,9,11-14,18,25H,4,6-8,10H2,1-3H3,(H,28,29);5,9,11-14,18,25,30H,3-4,6-8,10H2,1-2H3,(H,28,29);4,8,10-13,17,24,29H,3,5-7,9H2,1-2H3,(H,27,28);6,8,10-13,23,26H,4-5,7,9H2,1-3H3,(H,27,28). The van der Waals surface area contributed by atoms with Crippen LogP contribution in [0, 0.1) is 27.7 Å². The Morgan fingerprint density at radius 2 is 0.660 bits per heavy atom. The lowest BCUT2D eigenvalue weighted by Crippen LogP contribution is -2.39. The number of hydrogen-bond donors (Lipinski definition) is 11. The number of sulfonamides is 4. The third kappa shape index (κ3) is 20.8. The van der Waals surface area contributed by atoms with E-state index in [0.29, 0.717) is 106 Å². The molecule has 11 N–H and O–H groups in total. The van der Waals surface area contributed by atoms with Gasteiger partial charge in [0, 0.05) is 158 Å². The highest BCUT2D eigenvalue weighted by molar-refractivity contribution is 7.92. The Balaban J connectivity index is 0.000000115. The topological polar surface area (TPSA) is 464 Å². The third-order valence-electron chi connectivity index (χ3n) is 24.9. The Hall–Kier alpha value is -12.2. The molecular formula is C93H108N32O8S8. The maximum atomic E-state index is 13.2. The fourth-order valence-electron chi connectivity index (χ4n) is 17.3. The molecule has 3 aliphatic carbocycles. The molecule has 0 bridgehead atoms. The maximum absolute atomic E-state index is 13.2. The van der Waals surface area contributed by atoms with Gasteiger partial charge in [-0.1, -0.05) is 37.6 Å². The second-order valence-electron chi connectivity index (χ2n) is 35.9. The molecule has 20 heterocycles. The van der Waals surface area contributed by atoms with Gasteiger partial charge in [0.15, 0.2) is 45.9 Å². The van der Waals surface area contributed by atoms with Gasteiger partial charge in [0.2, 0.25) is 10.0 Å². The molecule has 16 aromatic rings. The zero-order chi connectivity index (χ0) is 97.9. The summed E-state index contributed by atoms with van der Waals surface area (Å²) in [4.78, 5) is 38.3. The average molecular weight is 2060 g/mol. The Morgan fingerprint density at radius 3 is 0.908 bits per heavy atom. The van der Waals surface area contributed by atoms with Crippen molar-refractivity contribution in [2.45, 2.75) is 140 Å². The number of fused-ring (bicyclic) bond motifs is 4. The molecule has 0 aromatic carbocycles. The number of nitrogens with one attached hydrogen (secondary N) is 11. The number of aryl methyl sites for hydroxylation is 8. The van der Waals surface area contributed by atoms with Gasteiger partial charge in [0.1, 0.15) is 16.8 Å². The summed E-state index contributed by atoms with van der Waals surface area (Å²) in [6, 6.07) is 7.62. The van der Waals surface area contributed by atoms with Gasteiger partial charge < -0.3 is 42.5 Å². The van der Waals surface area contributed by atoms with E-state index in [1.165, 1.54) is 49.7 Å². The lowest BCUT2D eigenvalue weighted by molar-refractivity contribution is 0.384. The smallest absolute Gasteiger partial charge is 0.252 e. The van der Waals surface area contributed by atoms with Crippen molar-refractivity contribution in [2.75, 3.05) is 87.2 Å². The summed E-state index contributed by atoms with van der Waals surface area (Å²) in [7, 11) is -4.97. The van der Waals surface area contributed by atoms with Crippen LogP contribution in [0.5, 0.6) is 0 Å². The van der Waals surface area contributed by atoms with Crippen molar-refractivity contribution in [3.8, 4) is 45.0 Å². The fourth-order valence-corrected chi connectivity index (χ4v) is 29.0. The van der Waals surface area contributed by atoms with E-state index >= 15 is 0 Å². The molecule has 0 amide bonds. The first-order valence-electron chi connectivity index (χ1n) is 46.5. The van der Waals surface area contributed by atoms with E-state index in [0.717, 1.165) is 219 Å². The van der Waals surface area contributed by atoms with Crippen LogP contribution in [-0.2, 0) is 68.3 Å². The SMILES string of the molecule is CCNS(=O)(=O)c1sc(Nc2nc(C3=CCCNC3)cn3c(-c4cnn(C)c4)cnc23)cc1C.Cc1cc(Nc2nc(C3=CCCNC3)cn3c(-c4cnn(C)c4)cnc23)sc1S(=O)(=O)N(C)C1CC1.Cc1cc(Nc2nc(C3=CCCNC3)cn3c(-c4cnn(C)c4)cnc23)sc1S(=O)(=O)NC1CC1.Cc1cc(Nc2nc(C3=CCCNC3)cn3c(-c4cnn(C)c4)cnc23)sc1S(=O)(=O)NC1CCC1. The van der Waals surface area contributed by atoms with Crippen molar-refractivity contribution in [3.05, 3.63) is 193 Å². The van der Waals surface area contributed by atoms with Gasteiger partial charge in [-0.3, -0.25) is 36.3 Å². The zero-order valence-corrected chi connectivity index (χ0v) is 85.7. The summed E-state index contributed by atoms with van der Waals surface area (Å²) < 4.78 is 129. The van der Waals surface area contributed by atoms with Crippen molar-refractivity contribution in [3.63, 3.8) is 0 Å². The van der Waals surface area contributed by atoms with Crippen LogP contribution in [0.3, 0.4) is 0 Å². The lowest BCUT2D eigenvalue weighted by Gasteiger charge is -2.25. The first-order chi connectivity index (χ1) is 67.9. The van der Waals surface area contributed by atoms with E-state index in [-0.39, 0.29) is 18.1 Å². The molecule has 0 saturated heterocycles. The molecule has 3 fully saturated rings. The molecule has 0 radical (unpaired) electrons. The summed E-state index contributed by atoms with van der Waals surface area (Å²) in [6.07, 6.45) is 49.4. The van der Waals surface area contributed by atoms with Gasteiger partial charge in [0.05, 0.1) is 115 Å². The van der Waals surface area contributed by atoms with Crippen LogP contribution in [0.1, 0.15) is 123 Å². The predicted molar refractivity (Wildman–Crippen MR) is 552 cm³/mol. The van der Waals surface area contributed by atoms with Crippen LogP contribution in [-0.4, -0.2) is 219 Å². The summed E-state index contributed by atoms with van der Waals surface area (Å²) in [5, 5.41) is 47.1. The van der Waals surface area contributed by atoms with Gasteiger partial charge in [-0.25, -0.2) is 87.7 Å². The van der Waals surface area contributed by atoms with E-state index in [9.17, 15) is 33.7 Å².